The number of benzene rings is 2. The number of thioether (sulfide) groups is 1. The van der Waals surface area contributed by atoms with Crippen molar-refractivity contribution in [3.8, 4) is 11.3 Å². The molecule has 7 nitrogen and oxygen atoms in total. The summed E-state index contributed by atoms with van der Waals surface area (Å²) in [6.07, 6.45) is -1.28. The average Bonchev–Trinajstić information content (AvgIpc) is 3.43. The summed E-state index contributed by atoms with van der Waals surface area (Å²) in [5, 5.41) is 9.94. The molecule has 0 bridgehead atoms. The number of hydrogen-bond donors (Lipinski definition) is 2. The predicted octanol–water partition coefficient (Wildman–Crippen LogP) is 6.46. The van der Waals surface area contributed by atoms with Gasteiger partial charge in [0.15, 0.2) is 5.76 Å². The lowest BCUT2D eigenvalue weighted by atomic mass is 10.1. The summed E-state index contributed by atoms with van der Waals surface area (Å²) >= 11 is 7.83. The number of anilines is 1. The fraction of sp³-hybridized carbons (Fsp3) is 0.346. The minimum absolute atomic E-state index is 0.108. The smallest absolute Gasteiger partial charge is 0.412 e. The highest BCUT2D eigenvalue weighted by Gasteiger charge is 2.38. The van der Waals surface area contributed by atoms with Crippen LogP contribution < -0.4 is 10.6 Å². The van der Waals surface area contributed by atoms with Crippen molar-refractivity contribution in [2.24, 2.45) is 0 Å². The number of rotatable bonds is 10. The second-order valence-corrected chi connectivity index (χ2v) is 10.1. The van der Waals surface area contributed by atoms with E-state index in [0.29, 0.717) is 46.3 Å². The van der Waals surface area contributed by atoms with Gasteiger partial charge < -0.3 is 14.6 Å². The van der Waals surface area contributed by atoms with Crippen LogP contribution in [0.5, 0.6) is 0 Å². The van der Waals surface area contributed by atoms with E-state index >= 15 is 0 Å². The van der Waals surface area contributed by atoms with Crippen LogP contribution in [-0.4, -0.2) is 35.1 Å². The molecule has 2 aromatic carbocycles. The van der Waals surface area contributed by atoms with Gasteiger partial charge in [-0.25, -0.2) is 9.18 Å². The molecule has 190 valence electrons. The lowest BCUT2D eigenvalue weighted by molar-refractivity contribution is -0.120. The Labute approximate surface area is 218 Å². The van der Waals surface area contributed by atoms with Crippen molar-refractivity contribution in [3.63, 3.8) is 0 Å². The van der Waals surface area contributed by atoms with Crippen molar-refractivity contribution in [1.82, 2.24) is 10.5 Å². The van der Waals surface area contributed by atoms with Gasteiger partial charge in [0, 0.05) is 40.5 Å². The van der Waals surface area contributed by atoms with Crippen LogP contribution in [0.25, 0.3) is 11.3 Å². The van der Waals surface area contributed by atoms with Crippen molar-refractivity contribution in [2.75, 3.05) is 11.1 Å². The van der Waals surface area contributed by atoms with Crippen molar-refractivity contribution in [3.05, 3.63) is 70.4 Å². The SMILES string of the molecule is Cc1noc(-c2ccc(CSCCC(=O)N[C@H]3C[C@H]3F)cc2)c1NC(=O)OC(C)c1ccccc1Cl. The Bertz CT molecular complexity index is 1220. The molecule has 3 aromatic rings. The zero-order valence-corrected chi connectivity index (χ0v) is 21.5. The molecule has 0 spiro atoms. The normalized spacial score (nSPS) is 17.3. The molecule has 0 saturated heterocycles. The number of halogens is 2. The highest BCUT2D eigenvalue weighted by atomic mass is 35.5. The third kappa shape index (κ3) is 6.79. The van der Waals surface area contributed by atoms with E-state index in [2.05, 4.69) is 15.8 Å². The first-order chi connectivity index (χ1) is 17.3. The number of nitrogens with one attached hydrogen (secondary N) is 2. The molecule has 1 aliphatic rings. The Morgan fingerprint density at radius 1 is 1.25 bits per heavy atom. The quantitative estimate of drug-likeness (QED) is 0.291. The molecule has 1 aliphatic carbocycles. The fourth-order valence-electron chi connectivity index (χ4n) is 3.57. The Morgan fingerprint density at radius 3 is 2.67 bits per heavy atom. The third-order valence-corrected chi connectivity index (χ3v) is 7.11. The number of carbonyl (C=O) groups is 2. The predicted molar refractivity (Wildman–Crippen MR) is 139 cm³/mol. The molecule has 10 heteroatoms. The van der Waals surface area contributed by atoms with Crippen LogP contribution in [0, 0.1) is 6.92 Å². The minimum atomic E-state index is -0.883. The van der Waals surface area contributed by atoms with Crippen molar-refractivity contribution < 1.29 is 23.2 Å². The maximum atomic E-state index is 12.9. The monoisotopic (exact) mass is 531 g/mol. The van der Waals surface area contributed by atoms with Gasteiger partial charge in [-0.3, -0.25) is 10.1 Å². The number of carbonyl (C=O) groups excluding carboxylic acids is 2. The zero-order valence-electron chi connectivity index (χ0n) is 19.9. The molecule has 1 aromatic heterocycles. The second-order valence-electron chi connectivity index (χ2n) is 8.59. The van der Waals surface area contributed by atoms with Crippen LogP contribution in [0.1, 0.15) is 42.7 Å². The molecule has 4 rings (SSSR count). The van der Waals surface area contributed by atoms with Crippen LogP contribution in [0.15, 0.2) is 53.1 Å². The first kappa shape index (κ1) is 26.0. The van der Waals surface area contributed by atoms with E-state index in [-0.39, 0.29) is 11.9 Å². The molecule has 3 atom stereocenters. The van der Waals surface area contributed by atoms with E-state index in [1.807, 2.05) is 36.4 Å². The molecule has 36 heavy (non-hydrogen) atoms. The summed E-state index contributed by atoms with van der Waals surface area (Å²) < 4.78 is 23.8. The van der Waals surface area contributed by atoms with Gasteiger partial charge in [-0.1, -0.05) is 59.2 Å². The standard InChI is InChI=1S/C26H27ClFN3O4S/c1-15-24(30-26(33)34-16(2)19-5-3-4-6-20(19)27)25(35-31-15)18-9-7-17(8-10-18)14-36-12-11-23(32)29-22-13-21(22)28/h3-10,16,21-22H,11-14H2,1-2H3,(H,29,32)(H,30,33)/t16?,21-,22+/m1/s1. The number of amides is 2. The fourth-order valence-corrected chi connectivity index (χ4v) is 4.77. The third-order valence-electron chi connectivity index (χ3n) is 5.73. The number of ether oxygens (including phenoxy) is 1. The summed E-state index contributed by atoms with van der Waals surface area (Å²) in [5.41, 5.74) is 3.50. The average molecular weight is 532 g/mol. The molecular weight excluding hydrogens is 505 g/mol. The first-order valence-corrected chi connectivity index (χ1v) is 13.1. The Kier molecular flexibility index (Phi) is 8.53. The number of nitrogens with zero attached hydrogens (tertiary/aromatic N) is 1. The maximum absolute atomic E-state index is 12.9. The van der Waals surface area contributed by atoms with E-state index in [1.165, 1.54) is 0 Å². The second kappa shape index (κ2) is 11.8. The van der Waals surface area contributed by atoms with Gasteiger partial charge in [0.1, 0.15) is 23.7 Å². The summed E-state index contributed by atoms with van der Waals surface area (Å²) in [5.74, 6) is 1.71. The van der Waals surface area contributed by atoms with Gasteiger partial charge in [0.25, 0.3) is 0 Å². The zero-order chi connectivity index (χ0) is 25.7. The maximum Gasteiger partial charge on any atom is 0.412 e. The summed E-state index contributed by atoms with van der Waals surface area (Å²) in [6.45, 7) is 3.48. The summed E-state index contributed by atoms with van der Waals surface area (Å²) in [6, 6.07) is 14.6. The minimum Gasteiger partial charge on any atom is -0.441 e. The molecule has 2 N–H and O–H groups in total. The molecule has 0 radical (unpaired) electrons. The van der Waals surface area contributed by atoms with E-state index in [9.17, 15) is 14.0 Å². The van der Waals surface area contributed by atoms with Crippen LogP contribution in [0.2, 0.25) is 5.02 Å². The first-order valence-electron chi connectivity index (χ1n) is 11.6. The summed E-state index contributed by atoms with van der Waals surface area (Å²) in [7, 11) is 0. The Morgan fingerprint density at radius 2 is 1.97 bits per heavy atom. The number of aryl methyl sites for hydroxylation is 1. The number of alkyl halides is 1. The van der Waals surface area contributed by atoms with E-state index in [4.69, 9.17) is 20.9 Å². The molecule has 2 amide bonds. The lowest BCUT2D eigenvalue weighted by Gasteiger charge is -2.15. The van der Waals surface area contributed by atoms with Gasteiger partial charge in [0.05, 0.1) is 6.04 Å². The molecule has 1 heterocycles. The molecule has 1 unspecified atom stereocenters. The Balaban J connectivity index is 1.30. The van der Waals surface area contributed by atoms with Crippen LogP contribution in [-0.2, 0) is 15.3 Å². The van der Waals surface area contributed by atoms with E-state index in [0.717, 1.165) is 16.9 Å². The topological polar surface area (TPSA) is 93.5 Å². The largest absolute Gasteiger partial charge is 0.441 e. The van der Waals surface area contributed by atoms with Crippen molar-refractivity contribution in [1.29, 1.82) is 0 Å². The molecular formula is C26H27ClFN3O4S. The van der Waals surface area contributed by atoms with Crippen LogP contribution in [0.3, 0.4) is 0 Å². The highest BCUT2D eigenvalue weighted by molar-refractivity contribution is 7.98. The van der Waals surface area contributed by atoms with Crippen molar-refractivity contribution in [2.45, 2.75) is 50.8 Å². The number of hydrogen-bond acceptors (Lipinski definition) is 6. The summed E-state index contributed by atoms with van der Waals surface area (Å²) in [4.78, 5) is 24.3. The van der Waals surface area contributed by atoms with Gasteiger partial charge in [-0.05, 0) is 25.5 Å². The molecule has 1 saturated carbocycles. The van der Waals surface area contributed by atoms with Gasteiger partial charge in [-0.15, -0.1) is 0 Å². The molecule has 0 aliphatic heterocycles. The number of aromatic nitrogens is 1. The van der Waals surface area contributed by atoms with Gasteiger partial charge in [0.2, 0.25) is 5.91 Å². The Hall–Kier alpha value is -3.04. The van der Waals surface area contributed by atoms with Crippen molar-refractivity contribution >= 4 is 41.1 Å². The van der Waals surface area contributed by atoms with Gasteiger partial charge >= 0.3 is 6.09 Å². The van der Waals surface area contributed by atoms with E-state index in [1.54, 1.807) is 37.7 Å². The van der Waals surface area contributed by atoms with Gasteiger partial charge in [-0.2, -0.15) is 11.8 Å². The van der Waals surface area contributed by atoms with E-state index < -0.39 is 18.4 Å². The highest BCUT2D eigenvalue weighted by Crippen LogP contribution is 2.32. The lowest BCUT2D eigenvalue weighted by Crippen LogP contribution is -2.27. The van der Waals surface area contributed by atoms with Crippen LogP contribution >= 0.6 is 23.4 Å². The van der Waals surface area contributed by atoms with Crippen LogP contribution in [0.4, 0.5) is 14.9 Å². The molecule has 1 fully saturated rings.